The molecule has 1 rings (SSSR count). The average Bonchev–Trinajstić information content (AvgIpc) is 2.47. The number of nitrogens with one attached hydrogen (secondary N) is 1. The van der Waals surface area contributed by atoms with E-state index >= 15 is 0 Å². The summed E-state index contributed by atoms with van der Waals surface area (Å²) < 4.78 is 10.3. The minimum atomic E-state index is -0.566. The van der Waals surface area contributed by atoms with Crippen molar-refractivity contribution in [1.29, 1.82) is 0 Å². The van der Waals surface area contributed by atoms with Crippen LogP contribution in [-0.4, -0.2) is 63.4 Å². The van der Waals surface area contributed by atoms with E-state index in [0.29, 0.717) is 0 Å². The van der Waals surface area contributed by atoms with Crippen LogP contribution in [0.25, 0.3) is 0 Å². The number of likely N-dealkylation sites (N-methyl/N-ethyl adjacent to an activating group) is 1. The van der Waals surface area contributed by atoms with Gasteiger partial charge in [-0.25, -0.2) is 0 Å². The first kappa shape index (κ1) is 18.4. The van der Waals surface area contributed by atoms with E-state index in [0.717, 1.165) is 51.6 Å². The highest BCUT2D eigenvalue weighted by Crippen LogP contribution is 2.17. The van der Waals surface area contributed by atoms with Gasteiger partial charge >= 0.3 is 5.97 Å². The topological polar surface area (TPSA) is 50.8 Å². The molecule has 5 nitrogen and oxygen atoms in total. The third-order valence-corrected chi connectivity index (χ3v) is 4.33. The third kappa shape index (κ3) is 6.32. The Balaban J connectivity index is 2.30. The van der Waals surface area contributed by atoms with Crippen LogP contribution in [-0.2, 0) is 14.3 Å². The van der Waals surface area contributed by atoms with Crippen molar-refractivity contribution >= 4 is 5.97 Å². The van der Waals surface area contributed by atoms with E-state index in [9.17, 15) is 4.79 Å². The summed E-state index contributed by atoms with van der Waals surface area (Å²) >= 11 is 0. The van der Waals surface area contributed by atoms with Crippen molar-refractivity contribution in [3.05, 3.63) is 0 Å². The minimum absolute atomic E-state index is 0.170. The molecule has 0 amide bonds. The molecule has 1 aliphatic rings. The van der Waals surface area contributed by atoms with E-state index in [1.54, 1.807) is 0 Å². The van der Waals surface area contributed by atoms with E-state index in [2.05, 4.69) is 17.3 Å². The highest BCUT2D eigenvalue weighted by atomic mass is 16.5. The Hall–Kier alpha value is -0.650. The van der Waals surface area contributed by atoms with Crippen LogP contribution in [0.4, 0.5) is 0 Å². The molecule has 0 aliphatic carbocycles. The van der Waals surface area contributed by atoms with Gasteiger partial charge in [-0.1, -0.05) is 6.92 Å². The number of rotatable bonds is 9. The smallest absolute Gasteiger partial charge is 0.325 e. The Kier molecular flexibility index (Phi) is 8.22. The Morgan fingerprint density at radius 3 is 2.67 bits per heavy atom. The van der Waals surface area contributed by atoms with Crippen LogP contribution in [0, 0.1) is 5.92 Å². The minimum Gasteiger partial charge on any atom is -0.468 e. The molecule has 0 spiro atoms. The van der Waals surface area contributed by atoms with E-state index in [1.807, 2.05) is 13.8 Å². The van der Waals surface area contributed by atoms with E-state index in [1.165, 1.54) is 20.0 Å². The number of carbonyl (C=O) groups is 1. The summed E-state index contributed by atoms with van der Waals surface area (Å²) in [5.74, 6) is 0.584. The summed E-state index contributed by atoms with van der Waals surface area (Å²) in [6.07, 6.45) is 4.12. The molecule has 1 aliphatic heterocycles. The van der Waals surface area contributed by atoms with Gasteiger partial charge < -0.3 is 19.7 Å². The lowest BCUT2D eigenvalue weighted by Gasteiger charge is -2.30. The fourth-order valence-electron chi connectivity index (χ4n) is 3.04. The number of esters is 1. The zero-order valence-electron chi connectivity index (χ0n) is 14.1. The predicted octanol–water partition coefficient (Wildman–Crippen LogP) is 1.67. The fraction of sp³-hybridized carbons (Fsp3) is 0.938. The van der Waals surface area contributed by atoms with Gasteiger partial charge in [-0.05, 0) is 58.7 Å². The molecular formula is C16H32N2O3. The first-order valence-electron chi connectivity index (χ1n) is 8.11. The van der Waals surface area contributed by atoms with E-state index < -0.39 is 5.54 Å². The molecular weight excluding hydrogens is 268 g/mol. The van der Waals surface area contributed by atoms with Gasteiger partial charge in [0.25, 0.3) is 0 Å². The number of carbonyl (C=O) groups excluding carboxylic acids is 1. The van der Waals surface area contributed by atoms with Gasteiger partial charge in [0.2, 0.25) is 0 Å². The Bertz CT molecular complexity index is 306. The van der Waals surface area contributed by atoms with Crippen molar-refractivity contribution in [2.24, 2.45) is 5.92 Å². The van der Waals surface area contributed by atoms with Gasteiger partial charge in [0.15, 0.2) is 0 Å². The van der Waals surface area contributed by atoms with Crippen LogP contribution in [0.2, 0.25) is 0 Å². The first-order valence-corrected chi connectivity index (χ1v) is 8.11. The van der Waals surface area contributed by atoms with Gasteiger partial charge in [0.05, 0.1) is 7.11 Å². The van der Waals surface area contributed by atoms with Gasteiger partial charge in [0, 0.05) is 19.8 Å². The van der Waals surface area contributed by atoms with Crippen molar-refractivity contribution in [3.63, 3.8) is 0 Å². The molecule has 1 atom stereocenters. The van der Waals surface area contributed by atoms with Crippen molar-refractivity contribution in [1.82, 2.24) is 10.2 Å². The quantitative estimate of drug-likeness (QED) is 0.656. The predicted molar refractivity (Wildman–Crippen MR) is 84.4 cm³/mol. The third-order valence-electron chi connectivity index (χ3n) is 4.33. The average molecular weight is 300 g/mol. The molecule has 124 valence electrons. The summed E-state index contributed by atoms with van der Waals surface area (Å²) in [5.41, 5.74) is -0.566. The zero-order valence-corrected chi connectivity index (χ0v) is 14.1. The van der Waals surface area contributed by atoms with Crippen molar-refractivity contribution in [2.75, 3.05) is 47.0 Å². The second-order valence-corrected chi connectivity index (χ2v) is 6.28. The SMILES string of the molecule is CCNC(C)(CCCN(C)CC1CCOCC1)C(=O)OC. The number of hydrogen-bond acceptors (Lipinski definition) is 5. The number of nitrogens with zero attached hydrogens (tertiary/aromatic N) is 1. The van der Waals surface area contributed by atoms with Crippen LogP contribution in [0.1, 0.15) is 39.5 Å². The van der Waals surface area contributed by atoms with Crippen LogP contribution in [0.3, 0.4) is 0 Å². The Morgan fingerprint density at radius 1 is 1.43 bits per heavy atom. The second kappa shape index (κ2) is 9.38. The molecule has 0 aromatic carbocycles. The summed E-state index contributed by atoms with van der Waals surface area (Å²) in [5, 5.41) is 3.26. The normalized spacial score (nSPS) is 19.5. The summed E-state index contributed by atoms with van der Waals surface area (Å²) in [4.78, 5) is 14.3. The molecule has 0 bridgehead atoms. The molecule has 0 radical (unpaired) electrons. The first-order chi connectivity index (χ1) is 10.0. The molecule has 5 heteroatoms. The van der Waals surface area contributed by atoms with Gasteiger partial charge in [0.1, 0.15) is 5.54 Å². The van der Waals surface area contributed by atoms with Gasteiger partial charge in [-0.3, -0.25) is 4.79 Å². The van der Waals surface area contributed by atoms with Crippen LogP contribution >= 0.6 is 0 Å². The number of methoxy groups -OCH3 is 1. The molecule has 1 heterocycles. The van der Waals surface area contributed by atoms with Crippen molar-refractivity contribution < 1.29 is 14.3 Å². The lowest BCUT2D eigenvalue weighted by atomic mass is 9.95. The van der Waals surface area contributed by atoms with Gasteiger partial charge in [-0.15, -0.1) is 0 Å². The molecule has 1 unspecified atom stereocenters. The molecule has 1 saturated heterocycles. The number of hydrogen-bond donors (Lipinski definition) is 1. The Labute approximate surface area is 129 Å². The second-order valence-electron chi connectivity index (χ2n) is 6.28. The lowest BCUT2D eigenvalue weighted by molar-refractivity contribution is -0.148. The number of ether oxygens (including phenoxy) is 2. The zero-order chi connectivity index (χ0) is 15.7. The molecule has 1 fully saturated rings. The monoisotopic (exact) mass is 300 g/mol. The summed E-state index contributed by atoms with van der Waals surface area (Å²) in [6.45, 7) is 8.65. The van der Waals surface area contributed by atoms with Crippen LogP contribution in [0.5, 0.6) is 0 Å². The molecule has 1 N–H and O–H groups in total. The van der Waals surface area contributed by atoms with Crippen molar-refractivity contribution in [2.45, 2.75) is 45.1 Å². The fourth-order valence-corrected chi connectivity index (χ4v) is 3.04. The van der Waals surface area contributed by atoms with E-state index in [-0.39, 0.29) is 5.97 Å². The lowest BCUT2D eigenvalue weighted by Crippen LogP contribution is -2.50. The highest BCUT2D eigenvalue weighted by Gasteiger charge is 2.32. The van der Waals surface area contributed by atoms with Crippen molar-refractivity contribution in [3.8, 4) is 0 Å². The van der Waals surface area contributed by atoms with Crippen LogP contribution in [0.15, 0.2) is 0 Å². The van der Waals surface area contributed by atoms with Crippen LogP contribution < -0.4 is 5.32 Å². The Morgan fingerprint density at radius 2 is 2.10 bits per heavy atom. The maximum Gasteiger partial charge on any atom is 0.325 e. The molecule has 0 saturated carbocycles. The van der Waals surface area contributed by atoms with Gasteiger partial charge in [-0.2, -0.15) is 0 Å². The highest BCUT2D eigenvalue weighted by molar-refractivity contribution is 5.80. The maximum atomic E-state index is 11.9. The maximum absolute atomic E-state index is 11.9. The largest absolute Gasteiger partial charge is 0.468 e. The molecule has 0 aromatic heterocycles. The summed E-state index contributed by atoms with van der Waals surface area (Å²) in [6, 6.07) is 0. The summed E-state index contributed by atoms with van der Waals surface area (Å²) in [7, 11) is 3.62. The standard InChI is InChI=1S/C16H32N2O3/c1-5-17-16(2,15(19)20-4)9-6-10-18(3)13-14-7-11-21-12-8-14/h14,17H,5-13H2,1-4H3. The molecule has 21 heavy (non-hydrogen) atoms. The molecule has 0 aromatic rings. The van der Waals surface area contributed by atoms with E-state index in [4.69, 9.17) is 9.47 Å².